The number of rotatable bonds is 5. The van der Waals surface area contributed by atoms with Gasteiger partial charge in [-0.3, -0.25) is 4.90 Å². The van der Waals surface area contributed by atoms with E-state index in [1.54, 1.807) is 0 Å². The SMILES string of the molecule is CC(C)N(Cc1ccccc1B1OC(C)(C)C(C)(C)O1)C(C)C. The maximum absolute atomic E-state index is 6.25. The zero-order chi connectivity index (χ0) is 17.4. The third-order valence-electron chi connectivity index (χ3n) is 5.24. The molecule has 1 aliphatic rings. The van der Waals surface area contributed by atoms with Gasteiger partial charge < -0.3 is 9.31 Å². The van der Waals surface area contributed by atoms with E-state index in [2.05, 4.69) is 84.6 Å². The van der Waals surface area contributed by atoms with Gasteiger partial charge in [0.15, 0.2) is 0 Å². The number of hydrogen-bond acceptors (Lipinski definition) is 3. The second kappa shape index (κ2) is 6.58. The molecule has 0 spiro atoms. The summed E-state index contributed by atoms with van der Waals surface area (Å²) in [4.78, 5) is 2.49. The van der Waals surface area contributed by atoms with E-state index in [-0.39, 0.29) is 18.3 Å². The third kappa shape index (κ3) is 3.81. The van der Waals surface area contributed by atoms with E-state index in [9.17, 15) is 0 Å². The van der Waals surface area contributed by atoms with Crippen LogP contribution in [0.5, 0.6) is 0 Å². The van der Waals surface area contributed by atoms with Crippen LogP contribution in [0.25, 0.3) is 0 Å². The standard InChI is InChI=1S/C19H32BNO2/c1-14(2)21(15(3)4)13-16-11-9-10-12-17(16)20-22-18(5,6)19(7,8)23-20/h9-12,14-15H,13H2,1-8H3. The first-order valence-electron chi connectivity index (χ1n) is 8.74. The number of benzene rings is 1. The molecule has 0 N–H and O–H groups in total. The van der Waals surface area contributed by atoms with Crippen LogP contribution >= 0.6 is 0 Å². The average molecular weight is 317 g/mol. The lowest BCUT2D eigenvalue weighted by Crippen LogP contribution is -2.41. The summed E-state index contributed by atoms with van der Waals surface area (Å²) in [5.74, 6) is 0. The van der Waals surface area contributed by atoms with Gasteiger partial charge in [0.05, 0.1) is 11.2 Å². The first-order chi connectivity index (χ1) is 10.5. The Morgan fingerprint density at radius 1 is 0.913 bits per heavy atom. The Bertz CT molecular complexity index is 516. The minimum atomic E-state index is -0.305. The summed E-state index contributed by atoms with van der Waals surface area (Å²) in [5, 5.41) is 0. The molecule has 1 aromatic carbocycles. The van der Waals surface area contributed by atoms with Crippen molar-refractivity contribution in [3.63, 3.8) is 0 Å². The number of nitrogens with zero attached hydrogens (tertiary/aromatic N) is 1. The van der Waals surface area contributed by atoms with Crippen LogP contribution in [0.3, 0.4) is 0 Å². The zero-order valence-corrected chi connectivity index (χ0v) is 16.0. The fourth-order valence-corrected chi connectivity index (χ4v) is 3.04. The molecular formula is C19H32BNO2. The van der Waals surface area contributed by atoms with Gasteiger partial charge >= 0.3 is 7.12 Å². The summed E-state index contributed by atoms with van der Waals surface area (Å²) in [6.07, 6.45) is 0. The van der Waals surface area contributed by atoms with Crippen molar-refractivity contribution in [3.8, 4) is 0 Å². The van der Waals surface area contributed by atoms with Crippen LogP contribution < -0.4 is 5.46 Å². The average Bonchev–Trinajstić information content (AvgIpc) is 2.64. The topological polar surface area (TPSA) is 21.7 Å². The molecule has 0 aromatic heterocycles. The smallest absolute Gasteiger partial charge is 0.399 e. The van der Waals surface area contributed by atoms with Gasteiger partial charge in [0.25, 0.3) is 0 Å². The van der Waals surface area contributed by atoms with Crippen LogP contribution in [0.15, 0.2) is 24.3 Å². The van der Waals surface area contributed by atoms with Crippen LogP contribution in [-0.2, 0) is 15.9 Å². The third-order valence-corrected chi connectivity index (χ3v) is 5.24. The quantitative estimate of drug-likeness (QED) is 0.775. The lowest BCUT2D eigenvalue weighted by atomic mass is 9.75. The zero-order valence-electron chi connectivity index (χ0n) is 16.0. The van der Waals surface area contributed by atoms with Gasteiger partial charge in [-0.1, -0.05) is 24.3 Å². The molecule has 0 saturated carbocycles. The lowest BCUT2D eigenvalue weighted by Gasteiger charge is -2.32. The Labute approximate surface area is 142 Å². The maximum Gasteiger partial charge on any atom is 0.495 e. The molecule has 2 rings (SSSR count). The van der Waals surface area contributed by atoms with Crippen LogP contribution in [-0.4, -0.2) is 35.3 Å². The predicted molar refractivity (Wildman–Crippen MR) is 98.0 cm³/mol. The molecule has 0 bridgehead atoms. The fourth-order valence-electron chi connectivity index (χ4n) is 3.04. The summed E-state index contributed by atoms with van der Waals surface area (Å²) in [6, 6.07) is 9.50. The van der Waals surface area contributed by atoms with Gasteiger partial charge in [0.1, 0.15) is 0 Å². The van der Waals surface area contributed by atoms with Crippen LogP contribution in [0.4, 0.5) is 0 Å². The molecule has 23 heavy (non-hydrogen) atoms. The first kappa shape index (κ1) is 18.5. The van der Waals surface area contributed by atoms with Crippen molar-refractivity contribution in [2.24, 2.45) is 0 Å². The Balaban J connectivity index is 2.29. The highest BCUT2D eigenvalue weighted by atomic mass is 16.7. The molecule has 128 valence electrons. The van der Waals surface area contributed by atoms with Crippen molar-refractivity contribution in [2.45, 2.75) is 85.2 Å². The van der Waals surface area contributed by atoms with Crippen molar-refractivity contribution < 1.29 is 9.31 Å². The van der Waals surface area contributed by atoms with E-state index in [0.29, 0.717) is 12.1 Å². The predicted octanol–water partition coefficient (Wildman–Crippen LogP) is 3.60. The van der Waals surface area contributed by atoms with Gasteiger partial charge in [-0.15, -0.1) is 0 Å². The Hall–Kier alpha value is -0.835. The summed E-state index contributed by atoms with van der Waals surface area (Å²) < 4.78 is 12.5. The van der Waals surface area contributed by atoms with Crippen molar-refractivity contribution in [3.05, 3.63) is 29.8 Å². The lowest BCUT2D eigenvalue weighted by molar-refractivity contribution is 0.00578. The van der Waals surface area contributed by atoms with Gasteiger partial charge in [-0.2, -0.15) is 0 Å². The second-order valence-corrected chi connectivity index (χ2v) is 8.15. The summed E-state index contributed by atoms with van der Waals surface area (Å²) in [7, 11) is -0.294. The van der Waals surface area contributed by atoms with E-state index < -0.39 is 0 Å². The minimum Gasteiger partial charge on any atom is -0.399 e. The summed E-state index contributed by atoms with van der Waals surface area (Å²) in [6.45, 7) is 18.3. The van der Waals surface area contributed by atoms with Crippen LogP contribution in [0, 0.1) is 0 Å². The van der Waals surface area contributed by atoms with Gasteiger partial charge in [0.2, 0.25) is 0 Å². The first-order valence-corrected chi connectivity index (χ1v) is 8.74. The molecule has 0 unspecified atom stereocenters. The van der Waals surface area contributed by atoms with E-state index in [1.165, 1.54) is 5.56 Å². The molecule has 1 fully saturated rings. The fraction of sp³-hybridized carbons (Fsp3) is 0.684. The molecule has 1 heterocycles. The highest BCUT2D eigenvalue weighted by molar-refractivity contribution is 6.62. The minimum absolute atomic E-state index is 0.294. The van der Waals surface area contributed by atoms with E-state index in [0.717, 1.165) is 12.0 Å². The summed E-state index contributed by atoms with van der Waals surface area (Å²) >= 11 is 0. The maximum atomic E-state index is 6.25. The molecule has 1 aromatic rings. The van der Waals surface area contributed by atoms with E-state index in [1.807, 2.05) is 0 Å². The molecule has 0 atom stereocenters. The highest BCUT2D eigenvalue weighted by Crippen LogP contribution is 2.36. The monoisotopic (exact) mass is 317 g/mol. The van der Waals surface area contributed by atoms with Gasteiger partial charge in [-0.05, 0) is 66.4 Å². The Morgan fingerprint density at radius 3 is 1.87 bits per heavy atom. The molecule has 0 aliphatic carbocycles. The van der Waals surface area contributed by atoms with E-state index in [4.69, 9.17) is 9.31 Å². The molecule has 0 amide bonds. The van der Waals surface area contributed by atoms with Crippen molar-refractivity contribution in [2.75, 3.05) is 0 Å². The molecule has 4 heteroatoms. The molecule has 3 nitrogen and oxygen atoms in total. The highest BCUT2D eigenvalue weighted by Gasteiger charge is 2.52. The molecule has 1 aliphatic heterocycles. The number of hydrogen-bond donors (Lipinski definition) is 0. The van der Waals surface area contributed by atoms with Crippen molar-refractivity contribution >= 4 is 12.6 Å². The Morgan fingerprint density at radius 2 is 1.39 bits per heavy atom. The van der Waals surface area contributed by atoms with Crippen LogP contribution in [0.2, 0.25) is 0 Å². The second-order valence-electron chi connectivity index (χ2n) is 8.15. The van der Waals surface area contributed by atoms with Crippen molar-refractivity contribution in [1.29, 1.82) is 0 Å². The van der Waals surface area contributed by atoms with Gasteiger partial charge in [0, 0.05) is 18.6 Å². The molecule has 0 radical (unpaired) electrons. The molecular weight excluding hydrogens is 285 g/mol. The van der Waals surface area contributed by atoms with Crippen molar-refractivity contribution in [1.82, 2.24) is 4.90 Å². The molecule has 1 saturated heterocycles. The largest absolute Gasteiger partial charge is 0.495 e. The van der Waals surface area contributed by atoms with E-state index >= 15 is 0 Å². The Kier molecular flexibility index (Phi) is 5.29. The normalized spacial score (nSPS) is 20.0. The van der Waals surface area contributed by atoms with Crippen LogP contribution in [0.1, 0.15) is 61.0 Å². The van der Waals surface area contributed by atoms with Gasteiger partial charge in [-0.25, -0.2) is 0 Å². The summed E-state index contributed by atoms with van der Waals surface area (Å²) in [5.41, 5.74) is 1.83.